The molecule has 2 aromatic heterocycles. The van der Waals surface area contributed by atoms with Gasteiger partial charge in [-0.2, -0.15) is 0 Å². The number of thiazole rings is 1. The van der Waals surface area contributed by atoms with E-state index in [0.717, 1.165) is 23.8 Å². The molecule has 0 N–H and O–H groups in total. The highest BCUT2D eigenvalue weighted by molar-refractivity contribution is 7.09. The monoisotopic (exact) mass is 246 g/mol. The summed E-state index contributed by atoms with van der Waals surface area (Å²) in [6.07, 6.45) is 7.63. The van der Waals surface area contributed by atoms with Gasteiger partial charge >= 0.3 is 0 Å². The molecule has 0 unspecified atom stereocenters. The molecule has 1 fully saturated rings. The van der Waals surface area contributed by atoms with E-state index in [-0.39, 0.29) is 0 Å². The lowest BCUT2D eigenvalue weighted by molar-refractivity contribution is 0.690. The van der Waals surface area contributed by atoms with Crippen LogP contribution in [-0.2, 0) is 0 Å². The van der Waals surface area contributed by atoms with E-state index in [1.807, 2.05) is 6.20 Å². The first-order valence-electron chi connectivity index (χ1n) is 5.79. The van der Waals surface area contributed by atoms with Gasteiger partial charge in [-0.15, -0.1) is 11.3 Å². The molecule has 2 aromatic rings. The van der Waals surface area contributed by atoms with Gasteiger partial charge in [0.25, 0.3) is 0 Å². The van der Waals surface area contributed by atoms with E-state index >= 15 is 0 Å². The van der Waals surface area contributed by atoms with Crippen LogP contribution in [-0.4, -0.2) is 21.5 Å². The number of hydrogen-bond acceptors (Lipinski definition) is 5. The first-order chi connectivity index (χ1) is 8.34. The maximum absolute atomic E-state index is 4.60. The van der Waals surface area contributed by atoms with Crippen LogP contribution in [0.5, 0.6) is 0 Å². The van der Waals surface area contributed by atoms with E-state index in [9.17, 15) is 0 Å². The van der Waals surface area contributed by atoms with Gasteiger partial charge in [0.05, 0.1) is 22.9 Å². The molecule has 1 atom stereocenters. The van der Waals surface area contributed by atoms with Crippen molar-refractivity contribution in [1.82, 2.24) is 15.0 Å². The van der Waals surface area contributed by atoms with Crippen LogP contribution < -0.4 is 4.90 Å². The van der Waals surface area contributed by atoms with E-state index < -0.39 is 0 Å². The molecule has 88 valence electrons. The fraction of sp³-hybridized carbons (Fsp3) is 0.417. The first kappa shape index (κ1) is 10.7. The van der Waals surface area contributed by atoms with Crippen LogP contribution in [0.15, 0.2) is 24.0 Å². The Morgan fingerprint density at radius 3 is 3.06 bits per heavy atom. The molecule has 0 aromatic carbocycles. The summed E-state index contributed by atoms with van der Waals surface area (Å²) in [5.74, 6) is 0.959. The molecule has 3 rings (SSSR count). The molecule has 0 amide bonds. The summed E-state index contributed by atoms with van der Waals surface area (Å²) in [7, 11) is 0. The van der Waals surface area contributed by atoms with Crippen LogP contribution in [0, 0.1) is 6.92 Å². The van der Waals surface area contributed by atoms with Crippen molar-refractivity contribution in [3.63, 3.8) is 0 Å². The molecule has 5 heteroatoms. The lowest BCUT2D eigenvalue weighted by Crippen LogP contribution is -2.23. The smallest absolute Gasteiger partial charge is 0.147 e. The molecular weight excluding hydrogens is 232 g/mol. The highest BCUT2D eigenvalue weighted by Crippen LogP contribution is 2.34. The van der Waals surface area contributed by atoms with Crippen LogP contribution in [0.1, 0.15) is 29.6 Å². The minimum atomic E-state index is 0.372. The van der Waals surface area contributed by atoms with Crippen molar-refractivity contribution >= 4 is 17.2 Å². The maximum Gasteiger partial charge on any atom is 0.147 e. The molecule has 0 spiro atoms. The predicted octanol–water partition coefficient (Wildman–Crippen LogP) is 2.58. The Hall–Kier alpha value is -1.49. The fourth-order valence-electron chi connectivity index (χ4n) is 2.32. The summed E-state index contributed by atoms with van der Waals surface area (Å²) in [6, 6.07) is 0.372. The Labute approximate surface area is 104 Å². The zero-order chi connectivity index (χ0) is 11.7. The molecule has 3 heterocycles. The number of hydrogen-bond donors (Lipinski definition) is 0. The second kappa shape index (κ2) is 4.41. The third kappa shape index (κ3) is 2.02. The third-order valence-corrected chi connectivity index (χ3v) is 3.87. The minimum Gasteiger partial charge on any atom is -0.347 e. The normalized spacial score (nSPS) is 19.8. The lowest BCUT2D eigenvalue weighted by Gasteiger charge is -2.23. The highest BCUT2D eigenvalue weighted by atomic mass is 32.1. The van der Waals surface area contributed by atoms with Crippen molar-refractivity contribution in [1.29, 1.82) is 0 Å². The van der Waals surface area contributed by atoms with Gasteiger partial charge in [-0.1, -0.05) is 0 Å². The lowest BCUT2D eigenvalue weighted by atomic mass is 10.2. The number of anilines is 1. The number of rotatable bonds is 2. The standard InChI is InChI=1S/C12H14N4S/c1-9-15-10(8-17-9)11-3-2-6-16(11)12-7-13-4-5-14-12/h4-5,7-8,11H,2-3,6H2,1H3/t11-/m0/s1. The van der Waals surface area contributed by atoms with Gasteiger partial charge in [-0.3, -0.25) is 4.98 Å². The molecular formula is C12H14N4S. The summed E-state index contributed by atoms with van der Waals surface area (Å²) < 4.78 is 0. The zero-order valence-electron chi connectivity index (χ0n) is 9.71. The average Bonchev–Trinajstić information content (AvgIpc) is 2.98. The Morgan fingerprint density at radius 1 is 1.41 bits per heavy atom. The average molecular weight is 246 g/mol. The molecule has 1 saturated heterocycles. The van der Waals surface area contributed by atoms with Crippen LogP contribution in [0.3, 0.4) is 0 Å². The molecule has 0 radical (unpaired) electrons. The van der Waals surface area contributed by atoms with Crippen molar-refractivity contribution in [2.45, 2.75) is 25.8 Å². The van der Waals surface area contributed by atoms with Crippen molar-refractivity contribution in [2.75, 3.05) is 11.4 Å². The van der Waals surface area contributed by atoms with Gasteiger partial charge < -0.3 is 4.90 Å². The van der Waals surface area contributed by atoms with Crippen LogP contribution in [0.25, 0.3) is 0 Å². The summed E-state index contributed by atoms with van der Waals surface area (Å²) in [5, 5.41) is 3.29. The van der Waals surface area contributed by atoms with Gasteiger partial charge in [0.2, 0.25) is 0 Å². The van der Waals surface area contributed by atoms with Crippen LogP contribution in [0.2, 0.25) is 0 Å². The molecule has 0 saturated carbocycles. The van der Waals surface area contributed by atoms with E-state index in [4.69, 9.17) is 0 Å². The summed E-state index contributed by atoms with van der Waals surface area (Å²) in [4.78, 5) is 15.4. The molecule has 1 aliphatic rings. The van der Waals surface area contributed by atoms with Crippen molar-refractivity contribution in [3.05, 3.63) is 34.7 Å². The number of aryl methyl sites for hydroxylation is 1. The second-order valence-corrected chi connectivity index (χ2v) is 5.27. The van der Waals surface area contributed by atoms with E-state index in [0.29, 0.717) is 6.04 Å². The van der Waals surface area contributed by atoms with Gasteiger partial charge in [0.1, 0.15) is 5.82 Å². The molecule has 17 heavy (non-hydrogen) atoms. The molecule has 4 nitrogen and oxygen atoms in total. The highest BCUT2D eigenvalue weighted by Gasteiger charge is 2.28. The van der Waals surface area contributed by atoms with E-state index in [2.05, 4.69) is 32.2 Å². The summed E-state index contributed by atoms with van der Waals surface area (Å²) in [6.45, 7) is 3.09. The van der Waals surface area contributed by atoms with Gasteiger partial charge in [-0.05, 0) is 19.8 Å². The van der Waals surface area contributed by atoms with Gasteiger partial charge in [-0.25, -0.2) is 9.97 Å². The molecule has 0 bridgehead atoms. The van der Waals surface area contributed by atoms with Crippen molar-refractivity contribution in [3.8, 4) is 0 Å². The zero-order valence-corrected chi connectivity index (χ0v) is 10.5. The Balaban J connectivity index is 1.90. The minimum absolute atomic E-state index is 0.372. The second-order valence-electron chi connectivity index (χ2n) is 4.21. The van der Waals surface area contributed by atoms with Gasteiger partial charge in [0.15, 0.2) is 0 Å². The van der Waals surface area contributed by atoms with Crippen LogP contribution in [0.4, 0.5) is 5.82 Å². The predicted molar refractivity (Wildman–Crippen MR) is 68.2 cm³/mol. The van der Waals surface area contributed by atoms with E-state index in [1.165, 1.54) is 12.1 Å². The molecule has 1 aliphatic heterocycles. The summed E-state index contributed by atoms with van der Waals surface area (Å²) >= 11 is 1.71. The largest absolute Gasteiger partial charge is 0.347 e. The van der Waals surface area contributed by atoms with Crippen LogP contribution >= 0.6 is 11.3 Å². The fourth-order valence-corrected chi connectivity index (χ4v) is 2.98. The summed E-state index contributed by atoms with van der Waals surface area (Å²) in [5.41, 5.74) is 1.18. The quantitative estimate of drug-likeness (QED) is 0.816. The topological polar surface area (TPSA) is 41.9 Å². The Morgan fingerprint density at radius 2 is 2.35 bits per heavy atom. The molecule has 0 aliphatic carbocycles. The Kier molecular flexibility index (Phi) is 2.76. The Bertz CT molecular complexity index is 496. The number of aromatic nitrogens is 3. The first-order valence-corrected chi connectivity index (χ1v) is 6.67. The van der Waals surface area contributed by atoms with Crippen molar-refractivity contribution in [2.24, 2.45) is 0 Å². The SMILES string of the molecule is Cc1nc([C@@H]2CCCN2c2cnccn2)cs1. The van der Waals surface area contributed by atoms with Crippen molar-refractivity contribution < 1.29 is 0 Å². The van der Waals surface area contributed by atoms with E-state index in [1.54, 1.807) is 23.7 Å². The maximum atomic E-state index is 4.60. The number of nitrogens with zero attached hydrogens (tertiary/aromatic N) is 4. The third-order valence-electron chi connectivity index (χ3n) is 3.07. The van der Waals surface area contributed by atoms with Gasteiger partial charge in [0, 0.05) is 24.3 Å².